The Labute approximate surface area is 119 Å². The Kier molecular flexibility index (Phi) is 4.43. The zero-order chi connectivity index (χ0) is 14.8. The molecule has 0 aliphatic carbocycles. The molecule has 2 unspecified atom stereocenters. The second-order valence-electron chi connectivity index (χ2n) is 4.93. The van der Waals surface area contributed by atoms with Gasteiger partial charge in [-0.3, -0.25) is 0 Å². The molecule has 0 radical (unpaired) electrons. The number of benzene rings is 1. The summed E-state index contributed by atoms with van der Waals surface area (Å²) in [5, 5.41) is 8.62. The lowest BCUT2D eigenvalue weighted by atomic mass is 10.2. The molecule has 1 aliphatic rings. The molecular formula is C14H18N2O3S. The van der Waals surface area contributed by atoms with E-state index >= 15 is 0 Å². The van der Waals surface area contributed by atoms with Gasteiger partial charge in [-0.1, -0.05) is 12.1 Å². The van der Waals surface area contributed by atoms with E-state index in [1.54, 1.807) is 31.3 Å². The van der Waals surface area contributed by atoms with Gasteiger partial charge in [0, 0.05) is 13.7 Å². The van der Waals surface area contributed by atoms with Crippen molar-refractivity contribution in [1.82, 2.24) is 4.31 Å². The monoisotopic (exact) mass is 294 g/mol. The number of rotatable bonds is 4. The highest BCUT2D eigenvalue weighted by molar-refractivity contribution is 7.89. The van der Waals surface area contributed by atoms with E-state index in [4.69, 9.17) is 10.00 Å². The summed E-state index contributed by atoms with van der Waals surface area (Å²) in [6.07, 6.45) is 0.903. The molecule has 1 saturated heterocycles. The first-order chi connectivity index (χ1) is 9.46. The highest BCUT2D eigenvalue weighted by atomic mass is 32.2. The van der Waals surface area contributed by atoms with Crippen molar-refractivity contribution in [2.75, 3.05) is 13.7 Å². The fraction of sp³-hybridized carbons (Fsp3) is 0.500. The van der Waals surface area contributed by atoms with Crippen molar-refractivity contribution in [3.8, 4) is 6.07 Å². The molecule has 0 amide bonds. The van der Waals surface area contributed by atoms with Crippen LogP contribution >= 0.6 is 0 Å². The number of hydrogen-bond donors (Lipinski definition) is 0. The molecule has 0 bridgehead atoms. The lowest BCUT2D eigenvalue weighted by molar-refractivity contribution is 0.102. The lowest BCUT2D eigenvalue weighted by Crippen LogP contribution is -2.40. The SMILES string of the molecule is CC1OCCC1N(C)S(=O)(=O)c1ccc(CC#N)cc1. The van der Waals surface area contributed by atoms with E-state index in [2.05, 4.69) is 0 Å². The van der Waals surface area contributed by atoms with Crippen molar-refractivity contribution in [2.24, 2.45) is 0 Å². The van der Waals surface area contributed by atoms with Crippen molar-refractivity contribution in [3.05, 3.63) is 29.8 Å². The summed E-state index contributed by atoms with van der Waals surface area (Å²) in [6, 6.07) is 8.38. The van der Waals surface area contributed by atoms with E-state index in [9.17, 15) is 8.42 Å². The molecular weight excluding hydrogens is 276 g/mol. The number of ether oxygens (including phenoxy) is 1. The number of sulfonamides is 1. The van der Waals surface area contributed by atoms with Crippen LogP contribution in [-0.2, 0) is 21.2 Å². The molecule has 1 fully saturated rings. The van der Waals surface area contributed by atoms with Crippen LogP contribution in [0, 0.1) is 11.3 Å². The molecule has 1 heterocycles. The van der Waals surface area contributed by atoms with Crippen LogP contribution in [0.3, 0.4) is 0 Å². The Bertz CT molecular complexity index is 604. The third-order valence-electron chi connectivity index (χ3n) is 3.69. The Morgan fingerprint density at radius 3 is 2.55 bits per heavy atom. The fourth-order valence-electron chi connectivity index (χ4n) is 2.41. The molecule has 6 heteroatoms. The molecule has 108 valence electrons. The maximum atomic E-state index is 12.5. The minimum Gasteiger partial charge on any atom is -0.377 e. The largest absolute Gasteiger partial charge is 0.377 e. The molecule has 0 aromatic heterocycles. The summed E-state index contributed by atoms with van der Waals surface area (Å²) >= 11 is 0. The van der Waals surface area contributed by atoms with Crippen LogP contribution in [0.15, 0.2) is 29.2 Å². The molecule has 1 aromatic carbocycles. The zero-order valence-corrected chi connectivity index (χ0v) is 12.4. The van der Waals surface area contributed by atoms with E-state index in [-0.39, 0.29) is 23.5 Å². The molecule has 0 spiro atoms. The number of hydrogen-bond acceptors (Lipinski definition) is 4. The summed E-state index contributed by atoms with van der Waals surface area (Å²) in [5.74, 6) is 0. The minimum atomic E-state index is -3.52. The van der Waals surface area contributed by atoms with Gasteiger partial charge in [0.2, 0.25) is 10.0 Å². The first-order valence-electron chi connectivity index (χ1n) is 6.52. The predicted molar refractivity (Wildman–Crippen MR) is 74.5 cm³/mol. The van der Waals surface area contributed by atoms with Crippen LogP contribution in [0.1, 0.15) is 18.9 Å². The van der Waals surface area contributed by atoms with Crippen molar-refractivity contribution < 1.29 is 13.2 Å². The third kappa shape index (κ3) is 2.85. The highest BCUT2D eigenvalue weighted by Crippen LogP contribution is 2.24. The second kappa shape index (κ2) is 5.92. The average molecular weight is 294 g/mol. The Morgan fingerprint density at radius 2 is 2.05 bits per heavy atom. The van der Waals surface area contributed by atoms with Crippen LogP contribution < -0.4 is 0 Å². The number of likely N-dealkylation sites (N-methyl/N-ethyl adjacent to an activating group) is 1. The highest BCUT2D eigenvalue weighted by Gasteiger charge is 2.35. The summed E-state index contributed by atoms with van der Waals surface area (Å²) in [7, 11) is -1.92. The van der Waals surface area contributed by atoms with E-state index in [0.29, 0.717) is 13.0 Å². The summed E-state index contributed by atoms with van der Waals surface area (Å²) in [6.45, 7) is 2.48. The first kappa shape index (κ1) is 15.0. The van der Waals surface area contributed by atoms with Gasteiger partial charge in [0.15, 0.2) is 0 Å². The zero-order valence-electron chi connectivity index (χ0n) is 11.6. The maximum absolute atomic E-state index is 12.5. The Morgan fingerprint density at radius 1 is 1.40 bits per heavy atom. The molecule has 5 nitrogen and oxygen atoms in total. The van der Waals surface area contributed by atoms with Crippen molar-refractivity contribution >= 4 is 10.0 Å². The second-order valence-corrected chi connectivity index (χ2v) is 6.93. The van der Waals surface area contributed by atoms with E-state index < -0.39 is 10.0 Å². The molecule has 2 rings (SSSR count). The van der Waals surface area contributed by atoms with Gasteiger partial charge in [0.1, 0.15) is 0 Å². The minimum absolute atomic E-state index is 0.0902. The fourth-order valence-corrected chi connectivity index (χ4v) is 3.86. The lowest BCUT2D eigenvalue weighted by Gasteiger charge is -2.26. The standard InChI is InChI=1S/C14H18N2O3S/c1-11-14(8-10-19-11)16(2)20(17,18)13-5-3-12(4-6-13)7-9-15/h3-6,11,14H,7-8,10H2,1-2H3. The molecule has 1 aliphatic heterocycles. The molecule has 0 saturated carbocycles. The third-order valence-corrected chi connectivity index (χ3v) is 5.58. The van der Waals surface area contributed by atoms with Crippen LogP contribution in [0.25, 0.3) is 0 Å². The van der Waals surface area contributed by atoms with Gasteiger partial charge >= 0.3 is 0 Å². The molecule has 2 atom stereocenters. The summed E-state index contributed by atoms with van der Waals surface area (Å²) in [4.78, 5) is 0.251. The van der Waals surface area contributed by atoms with Gasteiger partial charge < -0.3 is 4.74 Å². The van der Waals surface area contributed by atoms with Crippen molar-refractivity contribution in [3.63, 3.8) is 0 Å². The van der Waals surface area contributed by atoms with Gasteiger partial charge in [-0.2, -0.15) is 9.57 Å². The van der Waals surface area contributed by atoms with Gasteiger partial charge in [0.05, 0.1) is 29.5 Å². The molecule has 20 heavy (non-hydrogen) atoms. The van der Waals surface area contributed by atoms with E-state index in [1.807, 2.05) is 13.0 Å². The normalized spacial score (nSPS) is 22.9. The number of nitrogens with zero attached hydrogens (tertiary/aromatic N) is 2. The van der Waals surface area contributed by atoms with Gasteiger partial charge in [-0.15, -0.1) is 0 Å². The van der Waals surface area contributed by atoms with Crippen LogP contribution in [0.2, 0.25) is 0 Å². The van der Waals surface area contributed by atoms with Crippen LogP contribution in [-0.4, -0.2) is 38.5 Å². The summed E-state index contributed by atoms with van der Waals surface area (Å²) < 4.78 is 31.9. The first-order valence-corrected chi connectivity index (χ1v) is 7.96. The molecule has 1 aromatic rings. The van der Waals surface area contributed by atoms with Crippen molar-refractivity contribution in [1.29, 1.82) is 5.26 Å². The van der Waals surface area contributed by atoms with Crippen LogP contribution in [0.5, 0.6) is 0 Å². The Hall–Kier alpha value is -1.42. The number of nitriles is 1. The van der Waals surface area contributed by atoms with Crippen molar-refractivity contribution in [2.45, 2.75) is 36.8 Å². The topological polar surface area (TPSA) is 70.4 Å². The molecule has 0 N–H and O–H groups in total. The van der Waals surface area contributed by atoms with E-state index in [0.717, 1.165) is 5.56 Å². The van der Waals surface area contributed by atoms with Crippen LogP contribution in [0.4, 0.5) is 0 Å². The predicted octanol–water partition coefficient (Wildman–Crippen LogP) is 1.55. The maximum Gasteiger partial charge on any atom is 0.243 e. The van der Waals surface area contributed by atoms with E-state index in [1.165, 1.54) is 4.31 Å². The summed E-state index contributed by atoms with van der Waals surface area (Å²) in [5.41, 5.74) is 0.812. The van der Waals surface area contributed by atoms with Gasteiger partial charge in [-0.25, -0.2) is 8.42 Å². The van der Waals surface area contributed by atoms with Gasteiger partial charge in [-0.05, 0) is 31.0 Å². The Balaban J connectivity index is 2.23. The quantitative estimate of drug-likeness (QED) is 0.844. The average Bonchev–Trinajstić information content (AvgIpc) is 2.85. The van der Waals surface area contributed by atoms with Gasteiger partial charge in [0.25, 0.3) is 0 Å². The smallest absolute Gasteiger partial charge is 0.243 e.